The molecule has 0 aliphatic rings. The van der Waals surface area contributed by atoms with Crippen LogP contribution in [-0.4, -0.2) is 31.7 Å². The van der Waals surface area contributed by atoms with Crippen molar-refractivity contribution in [1.29, 1.82) is 0 Å². The molecule has 2 rings (SSSR count). The first-order chi connectivity index (χ1) is 13.0. The van der Waals surface area contributed by atoms with E-state index in [9.17, 15) is 0 Å². The Hall–Kier alpha value is -2.28. The summed E-state index contributed by atoms with van der Waals surface area (Å²) in [7, 11) is 3.33. The Kier molecular flexibility index (Phi) is 7.91. The summed E-state index contributed by atoms with van der Waals surface area (Å²) in [5.74, 6) is 2.80. The molecule has 148 valence electrons. The summed E-state index contributed by atoms with van der Waals surface area (Å²) in [5.41, 5.74) is 2.01. The Morgan fingerprint density at radius 2 is 2.00 bits per heavy atom. The molecule has 1 heterocycles. The topological polar surface area (TPSA) is 67.8 Å². The van der Waals surface area contributed by atoms with Crippen LogP contribution in [0.3, 0.4) is 0 Å². The number of hydrogen-bond acceptors (Lipinski definition) is 5. The lowest BCUT2D eigenvalue weighted by Crippen LogP contribution is -2.38. The summed E-state index contributed by atoms with van der Waals surface area (Å²) in [4.78, 5) is 9.34. The lowest BCUT2D eigenvalue weighted by Gasteiger charge is -2.20. The van der Waals surface area contributed by atoms with E-state index in [0.717, 1.165) is 40.3 Å². The van der Waals surface area contributed by atoms with Crippen molar-refractivity contribution < 1.29 is 9.47 Å². The SMILES string of the molecule is CCNC(=NCc1csc(C(C)C)n1)NC(C)c1cc(OC)ccc1OC. The van der Waals surface area contributed by atoms with Gasteiger partial charge in [0.15, 0.2) is 5.96 Å². The quantitative estimate of drug-likeness (QED) is 0.525. The Balaban J connectivity index is 2.14. The van der Waals surface area contributed by atoms with E-state index < -0.39 is 0 Å². The second-order valence-electron chi connectivity index (χ2n) is 6.50. The molecule has 0 saturated heterocycles. The van der Waals surface area contributed by atoms with Crippen LogP contribution >= 0.6 is 11.3 Å². The Morgan fingerprint density at radius 3 is 2.59 bits per heavy atom. The summed E-state index contributed by atoms with van der Waals surface area (Å²) >= 11 is 1.69. The molecule has 1 atom stereocenters. The maximum atomic E-state index is 5.50. The highest BCUT2D eigenvalue weighted by Crippen LogP contribution is 2.29. The molecular formula is C20H30N4O2S. The number of ether oxygens (including phenoxy) is 2. The molecule has 1 unspecified atom stereocenters. The Morgan fingerprint density at radius 1 is 1.22 bits per heavy atom. The number of aromatic nitrogens is 1. The molecule has 27 heavy (non-hydrogen) atoms. The predicted octanol–water partition coefficient (Wildman–Crippen LogP) is 4.10. The van der Waals surface area contributed by atoms with Gasteiger partial charge in [-0.2, -0.15) is 0 Å². The first kappa shape index (κ1) is 21.0. The first-order valence-electron chi connectivity index (χ1n) is 9.19. The molecule has 0 amide bonds. The molecular weight excluding hydrogens is 360 g/mol. The summed E-state index contributed by atoms with van der Waals surface area (Å²) in [6.07, 6.45) is 0. The molecule has 0 spiro atoms. The van der Waals surface area contributed by atoms with Crippen LogP contribution in [0, 0.1) is 0 Å². The molecule has 0 radical (unpaired) electrons. The molecule has 0 saturated carbocycles. The van der Waals surface area contributed by atoms with Gasteiger partial charge in [0, 0.05) is 23.4 Å². The van der Waals surface area contributed by atoms with Crippen molar-refractivity contribution in [2.45, 2.75) is 46.2 Å². The second-order valence-corrected chi connectivity index (χ2v) is 7.39. The van der Waals surface area contributed by atoms with Crippen molar-refractivity contribution in [3.05, 3.63) is 39.8 Å². The molecule has 1 aromatic heterocycles. The molecule has 0 fully saturated rings. The number of methoxy groups -OCH3 is 2. The lowest BCUT2D eigenvalue weighted by molar-refractivity contribution is 0.394. The third kappa shape index (κ3) is 5.85. The normalized spacial score (nSPS) is 12.8. The van der Waals surface area contributed by atoms with Crippen LogP contribution in [0.15, 0.2) is 28.6 Å². The minimum atomic E-state index is -0.00508. The highest BCUT2D eigenvalue weighted by Gasteiger charge is 2.14. The molecule has 1 aromatic carbocycles. The van der Waals surface area contributed by atoms with E-state index in [4.69, 9.17) is 9.47 Å². The highest BCUT2D eigenvalue weighted by atomic mass is 32.1. The first-order valence-corrected chi connectivity index (χ1v) is 10.1. The molecule has 0 aliphatic carbocycles. The number of nitrogens with zero attached hydrogens (tertiary/aromatic N) is 2. The molecule has 6 nitrogen and oxygen atoms in total. The number of rotatable bonds is 8. The molecule has 0 aliphatic heterocycles. The van der Waals surface area contributed by atoms with Gasteiger partial charge in [0.25, 0.3) is 0 Å². The zero-order valence-electron chi connectivity index (χ0n) is 17.0. The van der Waals surface area contributed by atoms with Gasteiger partial charge in [0.1, 0.15) is 11.5 Å². The van der Waals surface area contributed by atoms with Crippen LogP contribution in [-0.2, 0) is 6.54 Å². The van der Waals surface area contributed by atoms with Crippen molar-refractivity contribution in [2.75, 3.05) is 20.8 Å². The number of benzene rings is 1. The van der Waals surface area contributed by atoms with Crippen LogP contribution in [0.5, 0.6) is 11.5 Å². The Labute approximate surface area is 166 Å². The second kappa shape index (κ2) is 10.2. The average molecular weight is 391 g/mol. The van der Waals surface area contributed by atoms with Gasteiger partial charge in [0.05, 0.1) is 37.5 Å². The average Bonchev–Trinajstić information content (AvgIpc) is 3.15. The van der Waals surface area contributed by atoms with Crippen LogP contribution in [0.2, 0.25) is 0 Å². The predicted molar refractivity (Wildman–Crippen MR) is 112 cm³/mol. The zero-order valence-corrected chi connectivity index (χ0v) is 17.8. The third-order valence-electron chi connectivity index (χ3n) is 4.06. The number of hydrogen-bond donors (Lipinski definition) is 2. The van der Waals surface area contributed by atoms with E-state index in [1.165, 1.54) is 0 Å². The van der Waals surface area contributed by atoms with Crippen molar-refractivity contribution >= 4 is 17.3 Å². The molecule has 7 heteroatoms. The standard InChI is InChI=1S/C20H30N4O2S/c1-7-21-20(22-11-15-12-27-19(24-15)13(2)3)23-14(4)17-10-16(25-5)8-9-18(17)26-6/h8-10,12-14H,7,11H2,1-6H3,(H2,21,22,23). The number of aliphatic imine (C=N–C) groups is 1. The fourth-order valence-electron chi connectivity index (χ4n) is 2.60. The van der Waals surface area contributed by atoms with Crippen LogP contribution in [0.25, 0.3) is 0 Å². The van der Waals surface area contributed by atoms with Crippen LogP contribution < -0.4 is 20.1 Å². The van der Waals surface area contributed by atoms with E-state index in [1.54, 1.807) is 25.6 Å². The minimum absolute atomic E-state index is 0.00508. The van der Waals surface area contributed by atoms with Crippen molar-refractivity contribution in [1.82, 2.24) is 15.6 Å². The van der Waals surface area contributed by atoms with E-state index in [1.807, 2.05) is 25.1 Å². The van der Waals surface area contributed by atoms with E-state index in [2.05, 4.69) is 46.8 Å². The summed E-state index contributed by atoms with van der Waals surface area (Å²) < 4.78 is 10.8. The van der Waals surface area contributed by atoms with Crippen molar-refractivity contribution in [3.8, 4) is 11.5 Å². The third-order valence-corrected chi connectivity index (χ3v) is 5.26. The molecule has 0 bridgehead atoms. The Bertz CT molecular complexity index is 758. The van der Waals surface area contributed by atoms with Crippen molar-refractivity contribution in [2.24, 2.45) is 4.99 Å². The van der Waals surface area contributed by atoms with Gasteiger partial charge in [0.2, 0.25) is 0 Å². The summed E-state index contributed by atoms with van der Waals surface area (Å²) in [6.45, 7) is 9.75. The van der Waals surface area contributed by atoms with Gasteiger partial charge in [-0.25, -0.2) is 9.98 Å². The lowest BCUT2D eigenvalue weighted by atomic mass is 10.1. The van der Waals surface area contributed by atoms with E-state index in [-0.39, 0.29) is 6.04 Å². The smallest absolute Gasteiger partial charge is 0.192 e. The number of guanidine groups is 1. The monoisotopic (exact) mass is 390 g/mol. The van der Waals surface area contributed by atoms with Gasteiger partial charge in [-0.1, -0.05) is 13.8 Å². The maximum Gasteiger partial charge on any atom is 0.192 e. The summed E-state index contributed by atoms with van der Waals surface area (Å²) in [6, 6.07) is 5.78. The fourth-order valence-corrected chi connectivity index (χ4v) is 3.43. The number of nitrogens with one attached hydrogen (secondary N) is 2. The highest BCUT2D eigenvalue weighted by molar-refractivity contribution is 7.09. The minimum Gasteiger partial charge on any atom is -0.497 e. The van der Waals surface area contributed by atoms with E-state index >= 15 is 0 Å². The molecule has 2 aromatic rings. The zero-order chi connectivity index (χ0) is 19.8. The van der Waals surface area contributed by atoms with Crippen LogP contribution in [0.4, 0.5) is 0 Å². The van der Waals surface area contributed by atoms with Gasteiger partial charge in [-0.3, -0.25) is 0 Å². The summed E-state index contributed by atoms with van der Waals surface area (Å²) in [5, 5.41) is 9.96. The maximum absolute atomic E-state index is 5.50. The van der Waals surface area contributed by atoms with E-state index in [0.29, 0.717) is 12.5 Å². The largest absolute Gasteiger partial charge is 0.497 e. The molecule has 2 N–H and O–H groups in total. The van der Waals surface area contributed by atoms with Gasteiger partial charge in [-0.15, -0.1) is 11.3 Å². The number of thiazole rings is 1. The fraction of sp³-hybridized carbons (Fsp3) is 0.500. The van der Waals surface area contributed by atoms with Gasteiger partial charge >= 0.3 is 0 Å². The van der Waals surface area contributed by atoms with Gasteiger partial charge in [-0.05, 0) is 32.0 Å². The van der Waals surface area contributed by atoms with Gasteiger partial charge < -0.3 is 20.1 Å². The van der Waals surface area contributed by atoms with Crippen LogP contribution in [0.1, 0.15) is 55.9 Å². The van der Waals surface area contributed by atoms with Crippen molar-refractivity contribution in [3.63, 3.8) is 0 Å².